The van der Waals surface area contributed by atoms with Crippen LogP contribution in [0.3, 0.4) is 0 Å². The molecular formula is C15H17N2O10P. The summed E-state index contributed by atoms with van der Waals surface area (Å²) < 4.78 is 15.2. The Hall–Kier alpha value is -3.05. The Balaban J connectivity index is 2.34. The number of phosphoric acid groups is 1. The first-order valence-corrected chi connectivity index (χ1v) is 9.14. The van der Waals surface area contributed by atoms with Crippen molar-refractivity contribution in [3.8, 4) is 17.2 Å². The molecule has 0 fully saturated rings. The van der Waals surface area contributed by atoms with Crippen LogP contribution in [0.25, 0.3) is 0 Å². The third kappa shape index (κ3) is 5.47. The minimum Gasteiger partial charge on any atom is -0.504 e. The Morgan fingerprint density at radius 1 is 1.21 bits per heavy atom. The van der Waals surface area contributed by atoms with E-state index in [1.807, 2.05) is 0 Å². The molecule has 13 heteroatoms. The Morgan fingerprint density at radius 3 is 2.46 bits per heavy atom. The van der Waals surface area contributed by atoms with E-state index in [2.05, 4.69) is 14.8 Å². The quantitative estimate of drug-likeness (QED) is 0.215. The predicted octanol–water partition coefficient (Wildman–Crippen LogP) is 0.209. The van der Waals surface area contributed by atoms with Crippen molar-refractivity contribution in [2.24, 2.45) is 0 Å². The summed E-state index contributed by atoms with van der Waals surface area (Å²) in [7, 11) is -4.87. The van der Waals surface area contributed by atoms with Gasteiger partial charge in [-0.05, 0) is 17.7 Å². The van der Waals surface area contributed by atoms with Gasteiger partial charge in [-0.2, -0.15) is 0 Å². The second-order valence-corrected chi connectivity index (χ2v) is 6.93. The highest BCUT2D eigenvalue weighted by atomic mass is 31.2. The van der Waals surface area contributed by atoms with E-state index in [4.69, 9.17) is 9.79 Å². The first-order valence-electron chi connectivity index (χ1n) is 7.61. The SMILES string of the molecule is O=C(O)[C@H](Cc1ccc(O)c(O)c1)Nc1c(COP(=O)(O)O)c[nH]c(=O)c1O. The molecule has 0 spiro atoms. The summed E-state index contributed by atoms with van der Waals surface area (Å²) in [5.74, 6) is -3.13. The maximum absolute atomic E-state index is 11.6. The van der Waals surface area contributed by atoms with Crippen LogP contribution in [0.15, 0.2) is 29.2 Å². The molecule has 0 amide bonds. The number of hydrogen-bond donors (Lipinski definition) is 8. The molecule has 0 aliphatic rings. The molecule has 0 radical (unpaired) electrons. The Bertz CT molecular complexity index is 983. The average molecular weight is 416 g/mol. The van der Waals surface area contributed by atoms with Crippen molar-refractivity contribution in [1.29, 1.82) is 0 Å². The summed E-state index contributed by atoms with van der Waals surface area (Å²) >= 11 is 0. The Kier molecular flexibility index (Phi) is 6.31. The predicted molar refractivity (Wildman–Crippen MR) is 94.1 cm³/mol. The lowest BCUT2D eigenvalue weighted by molar-refractivity contribution is -0.137. The van der Waals surface area contributed by atoms with Crippen LogP contribution in [-0.2, 0) is 26.9 Å². The lowest BCUT2D eigenvalue weighted by atomic mass is 10.0. The second kappa shape index (κ2) is 8.31. The van der Waals surface area contributed by atoms with E-state index in [0.717, 1.165) is 18.3 Å². The van der Waals surface area contributed by atoms with Gasteiger partial charge in [0, 0.05) is 18.2 Å². The van der Waals surface area contributed by atoms with Crippen LogP contribution >= 0.6 is 7.82 Å². The molecule has 0 aliphatic carbocycles. The van der Waals surface area contributed by atoms with Crippen molar-refractivity contribution in [3.63, 3.8) is 0 Å². The van der Waals surface area contributed by atoms with Gasteiger partial charge in [0.15, 0.2) is 11.5 Å². The van der Waals surface area contributed by atoms with Gasteiger partial charge < -0.3 is 40.5 Å². The van der Waals surface area contributed by atoms with Crippen LogP contribution in [0.5, 0.6) is 17.2 Å². The minimum absolute atomic E-state index is 0.111. The molecule has 0 unspecified atom stereocenters. The third-order valence-corrected chi connectivity index (χ3v) is 4.10. The molecule has 28 heavy (non-hydrogen) atoms. The number of pyridine rings is 1. The maximum Gasteiger partial charge on any atom is 0.469 e. The molecule has 12 nitrogen and oxygen atoms in total. The van der Waals surface area contributed by atoms with E-state index in [9.17, 15) is 34.6 Å². The number of carbonyl (C=O) groups is 1. The van der Waals surface area contributed by atoms with Crippen molar-refractivity contribution in [1.82, 2.24) is 4.98 Å². The number of aromatic hydroxyl groups is 3. The molecule has 2 rings (SSSR count). The molecule has 2 aromatic rings. The zero-order chi connectivity index (χ0) is 21.1. The number of phenolic OH excluding ortho intramolecular Hbond substituents is 2. The zero-order valence-corrected chi connectivity index (χ0v) is 15.0. The van der Waals surface area contributed by atoms with Crippen molar-refractivity contribution >= 4 is 19.5 Å². The van der Waals surface area contributed by atoms with Crippen molar-refractivity contribution in [2.75, 3.05) is 5.32 Å². The summed E-state index contributed by atoms with van der Waals surface area (Å²) in [6.45, 7) is -0.733. The first kappa shape index (κ1) is 21.3. The van der Waals surface area contributed by atoms with E-state index >= 15 is 0 Å². The van der Waals surface area contributed by atoms with E-state index in [0.29, 0.717) is 5.56 Å². The van der Waals surface area contributed by atoms with Crippen LogP contribution in [0.4, 0.5) is 5.69 Å². The molecule has 1 atom stereocenters. The standard InChI is InChI=1S/C15H17N2O10P/c18-10-2-1-7(4-11(10)19)3-9(15(22)23)17-12-8(6-27-28(24,25)26)5-16-14(21)13(12)20/h1-2,4-5,9,18-20H,3,6H2,(H,22,23)(H2,16,17,21)(H2,24,25,26)/t9-/m0/s1. The van der Waals surface area contributed by atoms with Gasteiger partial charge in [-0.25, -0.2) is 9.36 Å². The number of nitrogens with one attached hydrogen (secondary N) is 2. The van der Waals surface area contributed by atoms with E-state index in [1.165, 1.54) is 6.07 Å². The van der Waals surface area contributed by atoms with Gasteiger partial charge in [0.25, 0.3) is 5.56 Å². The lowest BCUT2D eigenvalue weighted by Gasteiger charge is -2.19. The topological polar surface area (TPSA) is 210 Å². The Morgan fingerprint density at radius 2 is 1.89 bits per heavy atom. The molecule has 0 saturated heterocycles. The van der Waals surface area contributed by atoms with Gasteiger partial charge in [0.2, 0.25) is 5.75 Å². The van der Waals surface area contributed by atoms with Gasteiger partial charge in [-0.3, -0.25) is 9.32 Å². The van der Waals surface area contributed by atoms with E-state index in [-0.39, 0.29) is 17.7 Å². The minimum atomic E-state index is -4.87. The van der Waals surface area contributed by atoms with Crippen LogP contribution in [0.1, 0.15) is 11.1 Å². The van der Waals surface area contributed by atoms with Gasteiger partial charge in [-0.15, -0.1) is 0 Å². The van der Waals surface area contributed by atoms with E-state index < -0.39 is 49.2 Å². The molecule has 152 valence electrons. The number of phosphoric ester groups is 1. The van der Waals surface area contributed by atoms with Crippen LogP contribution in [0, 0.1) is 0 Å². The average Bonchev–Trinajstić information content (AvgIpc) is 2.59. The summed E-state index contributed by atoms with van der Waals surface area (Å²) in [6.07, 6.45) is 0.777. The Labute approximate surface area is 156 Å². The number of aromatic amines is 1. The molecular weight excluding hydrogens is 399 g/mol. The van der Waals surface area contributed by atoms with E-state index in [1.54, 1.807) is 0 Å². The highest BCUT2D eigenvalue weighted by Crippen LogP contribution is 2.38. The molecule has 0 aliphatic heterocycles. The largest absolute Gasteiger partial charge is 0.504 e. The zero-order valence-electron chi connectivity index (χ0n) is 14.1. The van der Waals surface area contributed by atoms with Gasteiger partial charge in [0.05, 0.1) is 12.3 Å². The fourth-order valence-electron chi connectivity index (χ4n) is 2.29. The normalized spacial score (nSPS) is 12.5. The van der Waals surface area contributed by atoms with Crippen molar-refractivity contribution in [3.05, 3.63) is 45.9 Å². The van der Waals surface area contributed by atoms with Crippen LogP contribution in [-0.4, -0.2) is 47.2 Å². The number of anilines is 1. The molecule has 0 bridgehead atoms. The summed E-state index contributed by atoms with van der Waals surface area (Å²) in [6, 6.07) is 2.25. The molecule has 1 heterocycles. The number of carboxylic acid groups (broad SMARTS) is 1. The molecule has 1 aromatic carbocycles. The number of phenols is 2. The monoisotopic (exact) mass is 416 g/mol. The van der Waals surface area contributed by atoms with Crippen LogP contribution < -0.4 is 10.9 Å². The van der Waals surface area contributed by atoms with Gasteiger partial charge in [0.1, 0.15) is 6.04 Å². The molecule has 1 aromatic heterocycles. The smallest absolute Gasteiger partial charge is 0.469 e. The highest BCUT2D eigenvalue weighted by molar-refractivity contribution is 7.46. The number of aromatic nitrogens is 1. The molecule has 8 N–H and O–H groups in total. The maximum atomic E-state index is 11.6. The van der Waals surface area contributed by atoms with Crippen molar-refractivity contribution in [2.45, 2.75) is 19.1 Å². The number of H-pyrrole nitrogens is 1. The highest BCUT2D eigenvalue weighted by Gasteiger charge is 2.24. The van der Waals surface area contributed by atoms with Gasteiger partial charge in [-0.1, -0.05) is 6.07 Å². The summed E-state index contributed by atoms with van der Waals surface area (Å²) in [5, 5.41) is 40.7. The summed E-state index contributed by atoms with van der Waals surface area (Å²) in [4.78, 5) is 43.0. The number of benzene rings is 1. The number of carboxylic acids is 1. The van der Waals surface area contributed by atoms with Gasteiger partial charge >= 0.3 is 13.8 Å². The van der Waals surface area contributed by atoms with Crippen molar-refractivity contribution < 1.29 is 44.1 Å². The fourth-order valence-corrected chi connectivity index (χ4v) is 2.60. The lowest BCUT2D eigenvalue weighted by Crippen LogP contribution is -2.32. The first-order chi connectivity index (χ1) is 13.0. The number of rotatable bonds is 8. The fraction of sp³-hybridized carbons (Fsp3) is 0.200. The van der Waals surface area contributed by atoms with Crippen LogP contribution in [0.2, 0.25) is 0 Å². The number of aliphatic carboxylic acids is 1. The second-order valence-electron chi connectivity index (χ2n) is 5.69. The summed E-state index contributed by atoms with van der Waals surface area (Å²) in [5.41, 5.74) is -1.14. The number of hydrogen-bond acceptors (Lipinski definition) is 8. The molecule has 0 saturated carbocycles. The third-order valence-electron chi connectivity index (χ3n) is 3.64.